The summed E-state index contributed by atoms with van der Waals surface area (Å²) in [7, 11) is 0. The lowest BCUT2D eigenvalue weighted by Gasteiger charge is -2.04. The predicted molar refractivity (Wildman–Crippen MR) is 41.1 cm³/mol. The van der Waals surface area contributed by atoms with Crippen LogP contribution < -0.4 is 0 Å². The molecule has 0 aromatic rings. The number of alkyl halides is 3. The van der Waals surface area contributed by atoms with E-state index in [9.17, 15) is 13.2 Å². The molecule has 0 saturated carbocycles. The van der Waals surface area contributed by atoms with Crippen LogP contribution in [-0.4, -0.2) is 17.0 Å². The fourth-order valence-electron chi connectivity index (χ4n) is 1.25. The van der Waals surface area contributed by atoms with Crippen LogP contribution in [-0.2, 0) is 0 Å². The quantitative estimate of drug-likeness (QED) is 0.449. The Labute approximate surface area is 74.8 Å². The molecule has 1 atom stereocenters. The van der Waals surface area contributed by atoms with Gasteiger partial charge in [-0.25, -0.2) is 0 Å². The first-order chi connectivity index (χ1) is 5.82. The summed E-state index contributed by atoms with van der Waals surface area (Å²) in [5.41, 5.74) is 0.236. The first-order valence-corrected chi connectivity index (χ1v) is 4.12. The maximum atomic E-state index is 12.3. The Kier molecular flexibility index (Phi) is 2.45. The molecule has 0 spiro atoms. The van der Waals surface area contributed by atoms with Gasteiger partial charge in [-0.15, -0.1) is 13.2 Å². The molecule has 0 aliphatic carbocycles. The molecule has 1 rings (SSSR count). The van der Waals surface area contributed by atoms with Crippen molar-refractivity contribution in [2.75, 3.05) is 0 Å². The molecule has 0 amide bonds. The number of hydrogen-bond donors (Lipinski definition) is 0. The Balaban J connectivity index is 2.99. The molecule has 0 bridgehead atoms. The topological polar surface area (TPSA) is 15.4 Å². The summed E-state index contributed by atoms with van der Waals surface area (Å²) < 4.78 is 37.2. The average Bonchev–Trinajstić information content (AvgIpc) is 2.29. The summed E-state index contributed by atoms with van der Waals surface area (Å²) in [4.78, 5) is 0. The minimum absolute atomic E-state index is 0.157. The zero-order valence-corrected chi connectivity index (χ0v) is 7.76. The highest BCUT2D eigenvalue weighted by Crippen LogP contribution is 2.29. The largest absolute Gasteiger partial charge is 0.662 e. The Hall–Kier alpha value is -0.870. The van der Waals surface area contributed by atoms with E-state index in [-0.39, 0.29) is 22.4 Å². The van der Waals surface area contributed by atoms with E-state index in [0.29, 0.717) is 0 Å². The van der Waals surface area contributed by atoms with Gasteiger partial charge in [0.1, 0.15) is 6.04 Å². The van der Waals surface area contributed by atoms with Crippen molar-refractivity contribution in [2.45, 2.75) is 33.1 Å². The lowest BCUT2D eigenvalue weighted by molar-refractivity contribution is -0.726. The number of nitrogens with zero attached hydrogens (tertiary/aromatic N) is 2. The van der Waals surface area contributed by atoms with Gasteiger partial charge in [-0.1, -0.05) is 13.8 Å². The van der Waals surface area contributed by atoms with Crippen LogP contribution in [0.1, 0.15) is 20.8 Å². The SMILES string of the molecule is CC1C=C(C(C)C)[N+](C(F)(F)F)=N1. The van der Waals surface area contributed by atoms with Gasteiger partial charge in [-0.05, 0) is 12.0 Å². The second-order valence-electron chi connectivity index (χ2n) is 3.38. The van der Waals surface area contributed by atoms with Crippen LogP contribution in [0.2, 0.25) is 0 Å². The number of allylic oxidation sites excluding steroid dienone is 1. The summed E-state index contributed by atoms with van der Waals surface area (Å²) in [6.07, 6.45) is -2.85. The van der Waals surface area contributed by atoms with E-state index in [0.717, 1.165) is 0 Å². The molecule has 1 heterocycles. The molecule has 5 heteroatoms. The summed E-state index contributed by atoms with van der Waals surface area (Å²) in [6.45, 7) is 5.07. The Morgan fingerprint density at radius 1 is 1.46 bits per heavy atom. The zero-order valence-electron chi connectivity index (χ0n) is 7.76. The lowest BCUT2D eigenvalue weighted by Crippen LogP contribution is -2.27. The van der Waals surface area contributed by atoms with Crippen molar-refractivity contribution in [3.63, 3.8) is 0 Å². The average molecular weight is 193 g/mol. The minimum atomic E-state index is -4.39. The second-order valence-corrected chi connectivity index (χ2v) is 3.38. The molecule has 2 nitrogen and oxygen atoms in total. The van der Waals surface area contributed by atoms with Crippen molar-refractivity contribution in [2.24, 2.45) is 11.0 Å². The smallest absolute Gasteiger partial charge is 0.104 e. The van der Waals surface area contributed by atoms with Gasteiger partial charge in [-0.3, -0.25) is 0 Å². The predicted octanol–water partition coefficient (Wildman–Crippen LogP) is 2.91. The molecular weight excluding hydrogens is 181 g/mol. The fourth-order valence-corrected chi connectivity index (χ4v) is 1.25. The summed E-state index contributed by atoms with van der Waals surface area (Å²) in [6, 6.07) is -0.376. The van der Waals surface area contributed by atoms with Crippen LogP contribution in [0.4, 0.5) is 13.2 Å². The van der Waals surface area contributed by atoms with E-state index in [1.165, 1.54) is 6.08 Å². The molecule has 1 aliphatic heterocycles. The molecule has 74 valence electrons. The maximum absolute atomic E-state index is 12.3. The number of halogens is 3. The van der Waals surface area contributed by atoms with Gasteiger partial charge in [0, 0.05) is 16.7 Å². The van der Waals surface area contributed by atoms with Gasteiger partial charge < -0.3 is 0 Å². The zero-order chi connectivity index (χ0) is 10.2. The molecule has 0 fully saturated rings. The Morgan fingerprint density at radius 3 is 2.31 bits per heavy atom. The van der Waals surface area contributed by atoms with E-state index in [1.807, 2.05) is 0 Å². The molecule has 1 aliphatic rings. The molecule has 0 aromatic heterocycles. The van der Waals surface area contributed by atoms with Gasteiger partial charge in [0.25, 0.3) is 0 Å². The lowest BCUT2D eigenvalue weighted by atomic mass is 10.1. The highest BCUT2D eigenvalue weighted by Gasteiger charge is 2.51. The molecule has 0 saturated heterocycles. The second kappa shape index (κ2) is 3.12. The van der Waals surface area contributed by atoms with Crippen LogP contribution in [0.5, 0.6) is 0 Å². The third-order valence-corrected chi connectivity index (χ3v) is 1.79. The molecule has 13 heavy (non-hydrogen) atoms. The fraction of sp³-hybridized carbons (Fsp3) is 0.750. The molecule has 0 aromatic carbocycles. The van der Waals surface area contributed by atoms with Gasteiger partial charge in [0.2, 0.25) is 5.70 Å². The van der Waals surface area contributed by atoms with Gasteiger partial charge >= 0.3 is 6.30 Å². The van der Waals surface area contributed by atoms with Crippen molar-refractivity contribution in [3.05, 3.63) is 11.8 Å². The van der Waals surface area contributed by atoms with E-state index >= 15 is 0 Å². The summed E-state index contributed by atoms with van der Waals surface area (Å²) in [5.74, 6) is -0.157. The van der Waals surface area contributed by atoms with Crippen molar-refractivity contribution < 1.29 is 17.9 Å². The molecule has 1 unspecified atom stereocenters. The van der Waals surface area contributed by atoms with Crippen LogP contribution in [0.25, 0.3) is 0 Å². The van der Waals surface area contributed by atoms with Crippen molar-refractivity contribution in [1.29, 1.82) is 0 Å². The van der Waals surface area contributed by atoms with Crippen molar-refractivity contribution >= 4 is 0 Å². The normalized spacial score (nSPS) is 23.5. The maximum Gasteiger partial charge on any atom is 0.662 e. The third-order valence-electron chi connectivity index (χ3n) is 1.79. The number of rotatable bonds is 1. The van der Waals surface area contributed by atoms with Crippen LogP contribution in [0, 0.1) is 5.92 Å². The molecular formula is C8H12F3N2+. The highest BCUT2D eigenvalue weighted by molar-refractivity contribution is 5.02. The van der Waals surface area contributed by atoms with E-state index in [1.54, 1.807) is 20.8 Å². The van der Waals surface area contributed by atoms with E-state index in [4.69, 9.17) is 0 Å². The van der Waals surface area contributed by atoms with Crippen LogP contribution >= 0.6 is 0 Å². The summed E-state index contributed by atoms with van der Waals surface area (Å²) >= 11 is 0. The van der Waals surface area contributed by atoms with Crippen molar-refractivity contribution in [1.82, 2.24) is 0 Å². The first kappa shape index (κ1) is 10.2. The Morgan fingerprint density at radius 2 is 2.00 bits per heavy atom. The first-order valence-electron chi connectivity index (χ1n) is 4.12. The third kappa shape index (κ3) is 2.08. The minimum Gasteiger partial charge on any atom is -0.104 e. The molecule has 0 N–H and O–H groups in total. The molecule has 0 radical (unpaired) electrons. The number of azo groups is 2. The van der Waals surface area contributed by atoms with E-state index in [2.05, 4.69) is 5.11 Å². The van der Waals surface area contributed by atoms with Crippen LogP contribution in [0.15, 0.2) is 16.9 Å². The van der Waals surface area contributed by atoms with Crippen molar-refractivity contribution in [3.8, 4) is 0 Å². The number of hydrogen-bond acceptors (Lipinski definition) is 1. The Bertz CT molecular complexity index is 263. The van der Waals surface area contributed by atoms with Gasteiger partial charge in [0.05, 0.1) is 0 Å². The van der Waals surface area contributed by atoms with E-state index < -0.39 is 6.30 Å². The standard InChI is InChI=1S/C8H12F3N2/c1-5(2)7-4-6(3)12-13(7)8(9,10)11/h4-6H,1-3H3/q+1. The van der Waals surface area contributed by atoms with Crippen LogP contribution in [0.3, 0.4) is 0 Å². The van der Waals surface area contributed by atoms with Gasteiger partial charge in [-0.2, -0.15) is 0 Å². The highest BCUT2D eigenvalue weighted by atomic mass is 19.4. The summed E-state index contributed by atoms with van der Waals surface area (Å²) in [5, 5.41) is 3.48. The van der Waals surface area contributed by atoms with Gasteiger partial charge in [0.15, 0.2) is 0 Å². The monoisotopic (exact) mass is 193 g/mol.